The fraction of sp³-hybridized carbons (Fsp3) is 0.500. The second kappa shape index (κ2) is 6.02. The van der Waals surface area contributed by atoms with E-state index in [9.17, 15) is 5.11 Å². The summed E-state index contributed by atoms with van der Waals surface area (Å²) in [5, 5.41) is 13.5. The Labute approximate surface area is 124 Å². The number of thiazole rings is 1. The van der Waals surface area contributed by atoms with Gasteiger partial charge < -0.3 is 5.11 Å². The second-order valence-electron chi connectivity index (χ2n) is 6.00. The van der Waals surface area contributed by atoms with Crippen molar-refractivity contribution >= 4 is 11.3 Å². The zero-order valence-electron chi connectivity index (χ0n) is 12.6. The molecular formula is C16H22N2OS. The fourth-order valence-electron chi connectivity index (χ4n) is 2.06. The molecule has 108 valence electrons. The molecule has 0 saturated carbocycles. The van der Waals surface area contributed by atoms with Crippen LogP contribution in [0.25, 0.3) is 0 Å². The minimum Gasteiger partial charge on any atom is -0.386 e. The standard InChI is InChI=1S/C16H22N2OS/c1-5-11-7-6-8-17-15(11)12(19)9-14-18-13(10-20-14)16(2,3)4/h6-8,10,12,19H,5,9H2,1-4H3. The summed E-state index contributed by atoms with van der Waals surface area (Å²) in [4.78, 5) is 8.96. The molecule has 1 atom stereocenters. The van der Waals surface area contributed by atoms with E-state index >= 15 is 0 Å². The molecule has 0 spiro atoms. The van der Waals surface area contributed by atoms with Gasteiger partial charge in [-0.1, -0.05) is 33.8 Å². The van der Waals surface area contributed by atoms with Gasteiger partial charge in [0.15, 0.2) is 0 Å². The molecule has 0 amide bonds. The lowest BCUT2D eigenvalue weighted by Gasteiger charge is -2.15. The lowest BCUT2D eigenvalue weighted by Crippen LogP contribution is -2.12. The lowest BCUT2D eigenvalue weighted by atomic mass is 9.93. The van der Waals surface area contributed by atoms with Crippen LogP contribution in [0.15, 0.2) is 23.7 Å². The average molecular weight is 290 g/mol. The van der Waals surface area contributed by atoms with Crippen LogP contribution >= 0.6 is 11.3 Å². The third-order valence-corrected chi connectivity index (χ3v) is 4.18. The van der Waals surface area contributed by atoms with E-state index in [1.807, 2.05) is 12.1 Å². The van der Waals surface area contributed by atoms with Crippen LogP contribution in [0.2, 0.25) is 0 Å². The maximum absolute atomic E-state index is 10.4. The quantitative estimate of drug-likeness (QED) is 0.934. The predicted octanol–water partition coefficient (Wildman–Crippen LogP) is 3.67. The Morgan fingerprint density at radius 3 is 2.70 bits per heavy atom. The first-order chi connectivity index (χ1) is 9.41. The van der Waals surface area contributed by atoms with Crippen molar-refractivity contribution in [2.24, 2.45) is 0 Å². The Morgan fingerprint density at radius 2 is 2.10 bits per heavy atom. The minimum atomic E-state index is -0.579. The highest BCUT2D eigenvalue weighted by molar-refractivity contribution is 7.09. The molecule has 0 fully saturated rings. The third-order valence-electron chi connectivity index (χ3n) is 3.31. The van der Waals surface area contributed by atoms with E-state index in [2.05, 4.69) is 43.0 Å². The summed E-state index contributed by atoms with van der Waals surface area (Å²) in [6.07, 6.45) is 2.57. The van der Waals surface area contributed by atoms with Gasteiger partial charge in [-0.25, -0.2) is 4.98 Å². The molecule has 4 heteroatoms. The van der Waals surface area contributed by atoms with Crippen molar-refractivity contribution in [3.8, 4) is 0 Å². The van der Waals surface area contributed by atoms with Gasteiger partial charge in [-0.05, 0) is 18.1 Å². The molecule has 0 aliphatic carbocycles. The van der Waals surface area contributed by atoms with Gasteiger partial charge in [-0.2, -0.15) is 0 Å². The van der Waals surface area contributed by atoms with Crippen LogP contribution in [0.5, 0.6) is 0 Å². The molecule has 0 bridgehead atoms. The maximum atomic E-state index is 10.4. The Kier molecular flexibility index (Phi) is 4.55. The molecule has 1 unspecified atom stereocenters. The summed E-state index contributed by atoms with van der Waals surface area (Å²) < 4.78 is 0. The van der Waals surface area contributed by atoms with E-state index in [1.165, 1.54) is 0 Å². The molecule has 0 aliphatic rings. The Morgan fingerprint density at radius 1 is 1.35 bits per heavy atom. The van der Waals surface area contributed by atoms with E-state index in [0.717, 1.165) is 28.4 Å². The number of hydrogen-bond acceptors (Lipinski definition) is 4. The van der Waals surface area contributed by atoms with Gasteiger partial charge in [-0.3, -0.25) is 4.98 Å². The van der Waals surface area contributed by atoms with E-state index in [1.54, 1.807) is 17.5 Å². The van der Waals surface area contributed by atoms with Crippen LogP contribution < -0.4 is 0 Å². The van der Waals surface area contributed by atoms with Gasteiger partial charge in [0.25, 0.3) is 0 Å². The van der Waals surface area contributed by atoms with Crippen LogP contribution in [0.4, 0.5) is 0 Å². The Hall–Kier alpha value is -1.26. The largest absolute Gasteiger partial charge is 0.386 e. The molecule has 0 radical (unpaired) electrons. The van der Waals surface area contributed by atoms with Crippen molar-refractivity contribution < 1.29 is 5.11 Å². The topological polar surface area (TPSA) is 46.0 Å². The van der Waals surface area contributed by atoms with Crippen molar-refractivity contribution in [2.45, 2.75) is 52.1 Å². The molecule has 2 aromatic heterocycles. The molecular weight excluding hydrogens is 268 g/mol. The summed E-state index contributed by atoms with van der Waals surface area (Å²) in [6, 6.07) is 3.93. The van der Waals surface area contributed by atoms with Crippen molar-refractivity contribution in [2.75, 3.05) is 0 Å². The number of hydrogen-bond donors (Lipinski definition) is 1. The lowest BCUT2D eigenvalue weighted by molar-refractivity contribution is 0.172. The molecule has 2 heterocycles. The normalized spacial score (nSPS) is 13.4. The molecule has 0 aliphatic heterocycles. The zero-order valence-corrected chi connectivity index (χ0v) is 13.4. The van der Waals surface area contributed by atoms with Crippen LogP contribution in [0.3, 0.4) is 0 Å². The average Bonchev–Trinajstić information content (AvgIpc) is 2.87. The first-order valence-corrected chi connectivity index (χ1v) is 7.86. The van der Waals surface area contributed by atoms with Gasteiger partial charge in [0.05, 0.1) is 16.4 Å². The first kappa shape index (κ1) is 15.1. The molecule has 0 aromatic carbocycles. The van der Waals surface area contributed by atoms with Crippen LogP contribution in [0.1, 0.15) is 55.8 Å². The number of nitrogens with zero attached hydrogens (tertiary/aromatic N) is 2. The number of aromatic nitrogens is 2. The van der Waals surface area contributed by atoms with Crippen LogP contribution in [-0.4, -0.2) is 15.1 Å². The van der Waals surface area contributed by atoms with Crippen LogP contribution in [0, 0.1) is 0 Å². The van der Waals surface area contributed by atoms with E-state index in [0.29, 0.717) is 6.42 Å². The monoisotopic (exact) mass is 290 g/mol. The fourth-order valence-corrected chi connectivity index (χ4v) is 3.12. The molecule has 3 nitrogen and oxygen atoms in total. The highest BCUT2D eigenvalue weighted by Crippen LogP contribution is 2.27. The summed E-state index contributed by atoms with van der Waals surface area (Å²) >= 11 is 1.61. The van der Waals surface area contributed by atoms with Crippen LogP contribution in [-0.2, 0) is 18.3 Å². The van der Waals surface area contributed by atoms with E-state index < -0.39 is 6.10 Å². The first-order valence-electron chi connectivity index (χ1n) is 6.98. The molecule has 2 aromatic rings. The number of rotatable bonds is 4. The van der Waals surface area contributed by atoms with E-state index in [4.69, 9.17) is 0 Å². The predicted molar refractivity (Wildman–Crippen MR) is 83.1 cm³/mol. The second-order valence-corrected chi connectivity index (χ2v) is 6.94. The highest BCUT2D eigenvalue weighted by atomic mass is 32.1. The summed E-state index contributed by atoms with van der Waals surface area (Å²) in [5.41, 5.74) is 3.02. The summed E-state index contributed by atoms with van der Waals surface area (Å²) in [7, 11) is 0. The molecule has 2 rings (SSSR count). The van der Waals surface area contributed by atoms with Crippen molar-refractivity contribution in [1.29, 1.82) is 0 Å². The summed E-state index contributed by atoms with van der Waals surface area (Å²) in [6.45, 7) is 8.52. The van der Waals surface area contributed by atoms with Gasteiger partial charge in [0.2, 0.25) is 0 Å². The van der Waals surface area contributed by atoms with Gasteiger partial charge in [0.1, 0.15) is 6.10 Å². The van der Waals surface area contributed by atoms with Gasteiger partial charge >= 0.3 is 0 Å². The molecule has 20 heavy (non-hydrogen) atoms. The molecule has 1 N–H and O–H groups in total. The smallest absolute Gasteiger partial charge is 0.103 e. The third kappa shape index (κ3) is 3.44. The number of aryl methyl sites for hydroxylation is 1. The van der Waals surface area contributed by atoms with Gasteiger partial charge in [0, 0.05) is 23.4 Å². The maximum Gasteiger partial charge on any atom is 0.103 e. The minimum absolute atomic E-state index is 0.0548. The Balaban J connectivity index is 2.15. The summed E-state index contributed by atoms with van der Waals surface area (Å²) in [5.74, 6) is 0. The highest BCUT2D eigenvalue weighted by Gasteiger charge is 2.20. The van der Waals surface area contributed by atoms with Crippen molar-refractivity contribution in [3.63, 3.8) is 0 Å². The number of aliphatic hydroxyl groups excluding tert-OH is 1. The number of aliphatic hydroxyl groups is 1. The van der Waals surface area contributed by atoms with Crippen molar-refractivity contribution in [1.82, 2.24) is 9.97 Å². The zero-order chi connectivity index (χ0) is 14.8. The molecule has 0 saturated heterocycles. The SMILES string of the molecule is CCc1cccnc1C(O)Cc1nc(C(C)(C)C)cs1. The number of pyridine rings is 1. The van der Waals surface area contributed by atoms with Gasteiger partial charge in [-0.15, -0.1) is 11.3 Å². The Bertz CT molecular complexity index is 572. The van der Waals surface area contributed by atoms with Crippen molar-refractivity contribution in [3.05, 3.63) is 45.7 Å². The van der Waals surface area contributed by atoms with E-state index in [-0.39, 0.29) is 5.41 Å².